The van der Waals surface area contributed by atoms with Crippen LogP contribution in [0.1, 0.15) is 27.0 Å². The van der Waals surface area contributed by atoms with Crippen molar-refractivity contribution in [3.63, 3.8) is 0 Å². The van der Waals surface area contributed by atoms with Crippen molar-refractivity contribution >= 4 is 5.97 Å². The average molecular weight is 240 g/mol. The summed E-state index contributed by atoms with van der Waals surface area (Å²) in [4.78, 5) is 11.5. The first-order valence-corrected chi connectivity index (χ1v) is 5.92. The molecule has 0 saturated heterocycles. The predicted octanol–water partition coefficient (Wildman–Crippen LogP) is 3.98. The molecule has 2 nitrogen and oxygen atoms in total. The van der Waals surface area contributed by atoms with Crippen molar-refractivity contribution in [3.8, 4) is 11.1 Å². The van der Waals surface area contributed by atoms with E-state index in [0.717, 1.165) is 27.8 Å². The quantitative estimate of drug-likeness (QED) is 0.862. The number of aromatic carboxylic acids is 1. The molecule has 0 saturated carbocycles. The Labute approximate surface area is 107 Å². The fraction of sp³-hybridized carbons (Fsp3) is 0.188. The van der Waals surface area contributed by atoms with Crippen molar-refractivity contribution in [2.75, 3.05) is 0 Å². The standard InChI is InChI=1S/C16H16O2/c1-10-9-14(13-7-5-4-6-8-13)15(16(17)18)12(3)11(10)2/h4-9H,1-3H3,(H,17,18). The number of carboxylic acid groups (broad SMARTS) is 1. The number of carbonyl (C=O) groups is 1. The van der Waals surface area contributed by atoms with E-state index in [9.17, 15) is 9.90 Å². The minimum Gasteiger partial charge on any atom is -0.478 e. The lowest BCUT2D eigenvalue weighted by Gasteiger charge is -2.14. The first-order valence-electron chi connectivity index (χ1n) is 5.92. The fourth-order valence-corrected chi connectivity index (χ4v) is 2.20. The number of carboxylic acids is 1. The Morgan fingerprint density at radius 1 is 1.00 bits per heavy atom. The van der Waals surface area contributed by atoms with Gasteiger partial charge < -0.3 is 5.11 Å². The van der Waals surface area contributed by atoms with E-state index < -0.39 is 5.97 Å². The summed E-state index contributed by atoms with van der Waals surface area (Å²) in [6, 6.07) is 11.6. The monoisotopic (exact) mass is 240 g/mol. The Morgan fingerprint density at radius 2 is 1.61 bits per heavy atom. The van der Waals surface area contributed by atoms with E-state index in [2.05, 4.69) is 0 Å². The van der Waals surface area contributed by atoms with Crippen LogP contribution in [0.4, 0.5) is 0 Å². The molecule has 0 aliphatic carbocycles. The van der Waals surface area contributed by atoms with Gasteiger partial charge in [0.05, 0.1) is 5.56 Å². The lowest BCUT2D eigenvalue weighted by molar-refractivity contribution is 0.0697. The fourth-order valence-electron chi connectivity index (χ4n) is 2.20. The van der Waals surface area contributed by atoms with Crippen LogP contribution in [0.5, 0.6) is 0 Å². The maximum absolute atomic E-state index is 11.5. The highest BCUT2D eigenvalue weighted by Gasteiger charge is 2.17. The maximum atomic E-state index is 11.5. The molecule has 0 bridgehead atoms. The van der Waals surface area contributed by atoms with E-state index in [1.807, 2.05) is 57.2 Å². The van der Waals surface area contributed by atoms with Gasteiger partial charge in [-0.25, -0.2) is 4.79 Å². The van der Waals surface area contributed by atoms with Crippen LogP contribution in [0.15, 0.2) is 36.4 Å². The Morgan fingerprint density at radius 3 is 2.17 bits per heavy atom. The van der Waals surface area contributed by atoms with Gasteiger partial charge in [0.25, 0.3) is 0 Å². The van der Waals surface area contributed by atoms with Gasteiger partial charge in [-0.1, -0.05) is 36.4 Å². The molecule has 2 heteroatoms. The van der Waals surface area contributed by atoms with Gasteiger partial charge in [0.1, 0.15) is 0 Å². The Hall–Kier alpha value is -2.09. The van der Waals surface area contributed by atoms with E-state index in [4.69, 9.17) is 0 Å². The number of hydrogen-bond donors (Lipinski definition) is 1. The SMILES string of the molecule is Cc1cc(-c2ccccc2)c(C(=O)O)c(C)c1C. The third-order valence-electron chi connectivity index (χ3n) is 3.46. The van der Waals surface area contributed by atoms with Crippen molar-refractivity contribution in [1.82, 2.24) is 0 Å². The molecule has 2 aromatic rings. The lowest BCUT2D eigenvalue weighted by atomic mass is 9.90. The molecule has 0 aliphatic rings. The van der Waals surface area contributed by atoms with E-state index in [1.54, 1.807) is 0 Å². The highest BCUT2D eigenvalue weighted by Crippen LogP contribution is 2.30. The molecule has 0 fully saturated rings. The lowest BCUT2D eigenvalue weighted by Crippen LogP contribution is -2.05. The second-order valence-corrected chi connectivity index (χ2v) is 4.54. The summed E-state index contributed by atoms with van der Waals surface area (Å²) >= 11 is 0. The van der Waals surface area contributed by atoms with Gasteiger partial charge in [-0.2, -0.15) is 0 Å². The summed E-state index contributed by atoms with van der Waals surface area (Å²) in [6.45, 7) is 5.85. The summed E-state index contributed by atoms with van der Waals surface area (Å²) in [7, 11) is 0. The average Bonchev–Trinajstić information content (AvgIpc) is 2.36. The predicted molar refractivity (Wildman–Crippen MR) is 73.0 cm³/mol. The van der Waals surface area contributed by atoms with Gasteiger partial charge in [0, 0.05) is 0 Å². The molecule has 0 amide bonds. The van der Waals surface area contributed by atoms with Crippen LogP contribution in [0.2, 0.25) is 0 Å². The van der Waals surface area contributed by atoms with Crippen LogP contribution in [0, 0.1) is 20.8 Å². The van der Waals surface area contributed by atoms with Crippen LogP contribution >= 0.6 is 0 Å². The molecule has 2 rings (SSSR count). The number of aryl methyl sites for hydroxylation is 1. The van der Waals surface area contributed by atoms with Crippen molar-refractivity contribution in [2.45, 2.75) is 20.8 Å². The second-order valence-electron chi connectivity index (χ2n) is 4.54. The molecule has 18 heavy (non-hydrogen) atoms. The van der Waals surface area contributed by atoms with Crippen molar-refractivity contribution in [3.05, 3.63) is 58.7 Å². The third kappa shape index (κ3) is 2.02. The second kappa shape index (κ2) is 4.65. The van der Waals surface area contributed by atoms with Gasteiger partial charge in [-0.15, -0.1) is 0 Å². The zero-order chi connectivity index (χ0) is 13.3. The summed E-state index contributed by atoms with van der Waals surface area (Å²) in [5.74, 6) is -0.866. The van der Waals surface area contributed by atoms with Gasteiger partial charge in [0.15, 0.2) is 0 Å². The number of rotatable bonds is 2. The highest BCUT2D eigenvalue weighted by atomic mass is 16.4. The topological polar surface area (TPSA) is 37.3 Å². The third-order valence-corrected chi connectivity index (χ3v) is 3.46. The van der Waals surface area contributed by atoms with Gasteiger partial charge in [-0.05, 0) is 48.6 Å². The first-order chi connectivity index (χ1) is 8.52. The van der Waals surface area contributed by atoms with Gasteiger partial charge >= 0.3 is 5.97 Å². The van der Waals surface area contributed by atoms with Crippen molar-refractivity contribution < 1.29 is 9.90 Å². The smallest absolute Gasteiger partial charge is 0.336 e. The molecule has 1 N–H and O–H groups in total. The van der Waals surface area contributed by atoms with Crippen LogP contribution < -0.4 is 0 Å². The largest absolute Gasteiger partial charge is 0.478 e. The van der Waals surface area contributed by atoms with E-state index >= 15 is 0 Å². The van der Waals surface area contributed by atoms with Crippen molar-refractivity contribution in [1.29, 1.82) is 0 Å². The van der Waals surface area contributed by atoms with Crippen molar-refractivity contribution in [2.24, 2.45) is 0 Å². The van der Waals surface area contributed by atoms with E-state index in [-0.39, 0.29) is 0 Å². The molecular weight excluding hydrogens is 224 g/mol. The summed E-state index contributed by atoms with van der Waals surface area (Å²) < 4.78 is 0. The highest BCUT2D eigenvalue weighted by molar-refractivity contribution is 5.98. The Balaban J connectivity index is 2.78. The van der Waals surface area contributed by atoms with Crippen LogP contribution in [0.3, 0.4) is 0 Å². The van der Waals surface area contributed by atoms with Crippen LogP contribution in [0.25, 0.3) is 11.1 Å². The molecule has 2 aromatic carbocycles. The molecule has 0 atom stereocenters. The first kappa shape index (κ1) is 12.4. The van der Waals surface area contributed by atoms with Crippen LogP contribution in [-0.4, -0.2) is 11.1 Å². The maximum Gasteiger partial charge on any atom is 0.336 e. The molecule has 0 spiro atoms. The number of hydrogen-bond acceptors (Lipinski definition) is 1. The molecule has 0 radical (unpaired) electrons. The van der Waals surface area contributed by atoms with Gasteiger partial charge in [0.2, 0.25) is 0 Å². The van der Waals surface area contributed by atoms with E-state index in [0.29, 0.717) is 5.56 Å². The molecule has 0 aromatic heterocycles. The molecule has 0 heterocycles. The molecule has 0 aliphatic heterocycles. The molecular formula is C16H16O2. The Kier molecular flexibility index (Phi) is 3.19. The summed E-state index contributed by atoms with van der Waals surface area (Å²) in [5, 5.41) is 9.42. The van der Waals surface area contributed by atoms with Gasteiger partial charge in [-0.3, -0.25) is 0 Å². The normalized spacial score (nSPS) is 10.4. The van der Waals surface area contributed by atoms with Crippen LogP contribution in [-0.2, 0) is 0 Å². The van der Waals surface area contributed by atoms with E-state index in [1.165, 1.54) is 0 Å². The Bertz CT molecular complexity index is 598. The zero-order valence-electron chi connectivity index (χ0n) is 10.8. The molecule has 92 valence electrons. The summed E-state index contributed by atoms with van der Waals surface area (Å²) in [6.07, 6.45) is 0. The minimum absolute atomic E-state index is 0.407. The zero-order valence-corrected chi connectivity index (χ0v) is 10.8. The minimum atomic E-state index is -0.866. The number of benzene rings is 2. The summed E-state index contributed by atoms with van der Waals surface area (Å²) in [5.41, 5.74) is 5.17. The molecule has 0 unspecified atom stereocenters.